The number of carbonyl (C=O) groups is 5. The van der Waals surface area contributed by atoms with Gasteiger partial charge < -0.3 is 34.7 Å². The zero-order valence-corrected chi connectivity index (χ0v) is 27.7. The number of unbranched alkanes of at least 4 members (excludes halogenated alkanes) is 1. The van der Waals surface area contributed by atoms with Gasteiger partial charge in [0.2, 0.25) is 17.7 Å². The van der Waals surface area contributed by atoms with E-state index in [2.05, 4.69) is 15.7 Å². The van der Waals surface area contributed by atoms with Crippen molar-refractivity contribution in [3.63, 3.8) is 0 Å². The minimum atomic E-state index is -1.48. The largest absolute Gasteiger partial charge is 0.527 e. The Morgan fingerprint density at radius 2 is 1.76 bits per heavy atom. The Hall–Kier alpha value is -4.73. The fraction of sp³-hybridized carbons (Fsp3) is 0.576. The molecular weight excluding hydrogens is 641 g/mol. The number of ether oxygens (including phenoxy) is 2. The number of rotatable bonds is 14. The summed E-state index contributed by atoms with van der Waals surface area (Å²) in [7, 11) is 0. The Morgan fingerprint density at radius 3 is 2.43 bits per heavy atom. The van der Waals surface area contributed by atoms with Crippen LogP contribution in [0.4, 0.5) is 9.18 Å². The van der Waals surface area contributed by atoms with Gasteiger partial charge in [0, 0.05) is 31.7 Å². The highest BCUT2D eigenvalue weighted by molar-refractivity contribution is 5.96. The number of hydrogen-bond donors (Lipinski definition) is 2. The number of hydroxylamine groups is 2. The van der Waals surface area contributed by atoms with Crippen LogP contribution in [-0.4, -0.2) is 125 Å². The topological polar surface area (TPSA) is 165 Å². The Kier molecular flexibility index (Phi) is 12.4. The van der Waals surface area contributed by atoms with E-state index in [9.17, 15) is 28.4 Å². The zero-order valence-electron chi connectivity index (χ0n) is 27.7. The summed E-state index contributed by atoms with van der Waals surface area (Å²) in [4.78, 5) is 72.4. The van der Waals surface area contributed by atoms with Crippen LogP contribution in [0.3, 0.4) is 0 Å². The summed E-state index contributed by atoms with van der Waals surface area (Å²) >= 11 is 0. The lowest BCUT2D eigenvalue weighted by molar-refractivity contribution is -0.158. The molecule has 1 saturated carbocycles. The molecule has 2 aromatic rings. The van der Waals surface area contributed by atoms with Crippen molar-refractivity contribution < 1.29 is 42.7 Å². The molecule has 2 saturated heterocycles. The first-order valence-electron chi connectivity index (χ1n) is 16.9. The Morgan fingerprint density at radius 1 is 1.00 bits per heavy atom. The second kappa shape index (κ2) is 17.1. The van der Waals surface area contributed by atoms with Crippen LogP contribution >= 0.6 is 0 Å². The molecule has 1 aliphatic carbocycles. The van der Waals surface area contributed by atoms with E-state index in [0.29, 0.717) is 25.1 Å². The minimum absolute atomic E-state index is 0.0758. The van der Waals surface area contributed by atoms with Crippen LogP contribution in [0.15, 0.2) is 36.4 Å². The molecule has 266 valence electrons. The minimum Gasteiger partial charge on any atom is -0.467 e. The van der Waals surface area contributed by atoms with Gasteiger partial charge >= 0.3 is 6.16 Å². The van der Waals surface area contributed by atoms with Crippen molar-refractivity contribution in [2.75, 3.05) is 52.6 Å². The molecule has 1 aromatic carbocycles. The van der Waals surface area contributed by atoms with Crippen molar-refractivity contribution in [2.45, 2.75) is 70.0 Å². The molecule has 3 aliphatic rings. The third-order valence-corrected chi connectivity index (χ3v) is 8.81. The highest BCUT2D eigenvalue weighted by atomic mass is 19.1. The standard InChI is InChI=1S/C33H44FN7O8/c1-2-3-19-47-33(46)49-39-17-15-38(16-18-39)32(45)26(21-34)36-30(43)25-20-29(41(37-25)24-11-5-4-6-12-24)48-22-28(42)40-14-8-13-27(40)31(44)35-23-9-7-10-23/h4-6,11-12,20,23,26-27H,2-3,7-10,13-19,21-22H2,1H3,(H,35,44)(H,36,43)/t26-,27-/m0/s1. The monoisotopic (exact) mass is 685 g/mol. The second-order valence-electron chi connectivity index (χ2n) is 12.3. The van der Waals surface area contributed by atoms with E-state index >= 15 is 0 Å². The van der Waals surface area contributed by atoms with Gasteiger partial charge in [-0.2, -0.15) is 5.10 Å². The van der Waals surface area contributed by atoms with E-state index in [1.807, 2.05) is 6.92 Å². The average Bonchev–Trinajstić information content (AvgIpc) is 3.77. The van der Waals surface area contributed by atoms with Crippen LogP contribution in [0.1, 0.15) is 62.4 Å². The summed E-state index contributed by atoms with van der Waals surface area (Å²) in [5.74, 6) is -1.90. The number of likely N-dealkylation sites (tertiary alicyclic amines) is 1. The van der Waals surface area contributed by atoms with Crippen molar-refractivity contribution >= 4 is 29.8 Å². The number of hydrogen-bond acceptors (Lipinski definition) is 10. The SMILES string of the molecule is CCCCOC(=O)ON1CCN(C(=O)[C@H](CF)NC(=O)c2cc(OCC(=O)N3CCC[C@H]3C(=O)NC3CCC3)n(-c3ccccc3)n2)CC1. The number of nitrogens with zero attached hydrogens (tertiary/aromatic N) is 5. The van der Waals surface area contributed by atoms with Gasteiger partial charge in [0.25, 0.3) is 11.8 Å². The molecule has 2 N–H and O–H groups in total. The number of amides is 4. The molecule has 3 heterocycles. The van der Waals surface area contributed by atoms with Crippen LogP contribution in [0.25, 0.3) is 5.69 Å². The maximum absolute atomic E-state index is 14.1. The highest BCUT2D eigenvalue weighted by Crippen LogP contribution is 2.23. The number of piperazine rings is 1. The van der Waals surface area contributed by atoms with Gasteiger partial charge in [0.05, 0.1) is 25.4 Å². The average molecular weight is 686 g/mol. The van der Waals surface area contributed by atoms with Gasteiger partial charge in [-0.25, -0.2) is 13.9 Å². The number of aromatic nitrogens is 2. The molecule has 16 heteroatoms. The van der Waals surface area contributed by atoms with Crippen molar-refractivity contribution in [3.8, 4) is 11.6 Å². The first kappa shape index (κ1) is 35.6. The van der Waals surface area contributed by atoms with E-state index in [4.69, 9.17) is 14.3 Å². The summed E-state index contributed by atoms with van der Waals surface area (Å²) in [5.41, 5.74) is 0.381. The van der Waals surface area contributed by atoms with Crippen molar-refractivity contribution in [1.82, 2.24) is 35.3 Å². The first-order valence-corrected chi connectivity index (χ1v) is 16.9. The van der Waals surface area contributed by atoms with Gasteiger partial charge in [-0.3, -0.25) is 19.2 Å². The molecule has 0 bridgehead atoms. The van der Waals surface area contributed by atoms with Crippen LogP contribution in [-0.2, 0) is 24.0 Å². The van der Waals surface area contributed by atoms with Crippen LogP contribution in [0, 0.1) is 0 Å². The van der Waals surface area contributed by atoms with E-state index < -0.39 is 43.3 Å². The number of para-hydroxylation sites is 1. The molecule has 4 amide bonds. The maximum Gasteiger partial charge on any atom is 0.527 e. The highest BCUT2D eigenvalue weighted by Gasteiger charge is 2.36. The summed E-state index contributed by atoms with van der Waals surface area (Å²) < 4.78 is 26.3. The summed E-state index contributed by atoms with van der Waals surface area (Å²) in [6, 6.07) is 8.22. The van der Waals surface area contributed by atoms with E-state index in [-0.39, 0.29) is 62.2 Å². The molecular formula is C33H44FN7O8. The van der Waals surface area contributed by atoms with Crippen molar-refractivity contribution in [2.24, 2.45) is 0 Å². The lowest BCUT2D eigenvalue weighted by atomic mass is 9.93. The molecule has 2 atom stereocenters. The fourth-order valence-electron chi connectivity index (χ4n) is 5.79. The van der Waals surface area contributed by atoms with Gasteiger partial charge in [-0.15, -0.1) is 5.06 Å². The predicted octanol–water partition coefficient (Wildman–Crippen LogP) is 1.99. The quantitative estimate of drug-likeness (QED) is 0.222. The van der Waals surface area contributed by atoms with Crippen LogP contribution in [0.5, 0.6) is 5.88 Å². The first-order chi connectivity index (χ1) is 23.8. The van der Waals surface area contributed by atoms with Gasteiger partial charge in [0.1, 0.15) is 18.8 Å². The lowest BCUT2D eigenvalue weighted by Gasteiger charge is -2.34. The molecule has 3 fully saturated rings. The molecule has 0 spiro atoms. The summed E-state index contributed by atoms with van der Waals surface area (Å²) in [6.07, 6.45) is 5.01. The molecule has 15 nitrogen and oxygen atoms in total. The number of alkyl halides is 1. The summed E-state index contributed by atoms with van der Waals surface area (Å²) in [6.45, 7) is 1.75. The van der Waals surface area contributed by atoms with E-state index in [0.717, 1.165) is 32.1 Å². The predicted molar refractivity (Wildman–Crippen MR) is 172 cm³/mol. The zero-order chi connectivity index (χ0) is 34.8. The smallest absolute Gasteiger partial charge is 0.467 e. The van der Waals surface area contributed by atoms with Gasteiger partial charge in [-0.05, 0) is 50.7 Å². The normalized spacial score (nSPS) is 18.7. The molecule has 0 unspecified atom stereocenters. The van der Waals surface area contributed by atoms with Crippen molar-refractivity contribution in [1.29, 1.82) is 0 Å². The Bertz CT molecular complexity index is 1460. The van der Waals surface area contributed by atoms with Crippen molar-refractivity contribution in [3.05, 3.63) is 42.1 Å². The number of halogens is 1. The molecule has 49 heavy (non-hydrogen) atoms. The number of carbonyl (C=O) groups excluding carboxylic acids is 5. The number of nitrogens with one attached hydrogen (secondary N) is 2. The number of benzene rings is 1. The van der Waals surface area contributed by atoms with E-state index in [1.54, 1.807) is 30.3 Å². The molecule has 0 radical (unpaired) electrons. The maximum atomic E-state index is 14.1. The third kappa shape index (κ3) is 9.25. The summed E-state index contributed by atoms with van der Waals surface area (Å²) in [5, 5.41) is 11.2. The third-order valence-electron chi connectivity index (χ3n) is 8.81. The molecule has 1 aromatic heterocycles. The Balaban J connectivity index is 1.19. The molecule has 5 rings (SSSR count). The van der Waals surface area contributed by atoms with E-state index in [1.165, 1.54) is 25.6 Å². The second-order valence-corrected chi connectivity index (χ2v) is 12.3. The van der Waals surface area contributed by atoms with Gasteiger partial charge in [-0.1, -0.05) is 31.5 Å². The van der Waals surface area contributed by atoms with Gasteiger partial charge in [0.15, 0.2) is 12.3 Å². The molecule has 2 aliphatic heterocycles. The fourth-order valence-corrected chi connectivity index (χ4v) is 5.79. The van der Waals surface area contributed by atoms with Crippen LogP contribution < -0.4 is 15.4 Å². The Labute approximate surface area is 283 Å². The van der Waals surface area contributed by atoms with Crippen LogP contribution in [0.2, 0.25) is 0 Å². The lowest BCUT2D eigenvalue weighted by Crippen LogP contribution is -2.55.